The van der Waals surface area contributed by atoms with Crippen molar-refractivity contribution >= 4 is 19.7 Å². The normalized spacial score (nSPS) is 15.7. The molecule has 28 heavy (non-hydrogen) atoms. The molecule has 0 aliphatic heterocycles. The van der Waals surface area contributed by atoms with E-state index in [9.17, 15) is 5.11 Å². The Bertz CT molecular complexity index is 825. The summed E-state index contributed by atoms with van der Waals surface area (Å²) < 4.78 is 7.80. The number of benzene rings is 1. The summed E-state index contributed by atoms with van der Waals surface area (Å²) in [6.07, 6.45) is 7.04. The molecule has 1 aromatic heterocycles. The smallest absolute Gasteiger partial charge is 0.231 e. The Kier molecular flexibility index (Phi) is 5.58. The standard InChI is InChI=1S/C21H32N4O2Si/c1-28(2,3)11-10-27-14-25-19(13-26)23-24-21(25)22-20-17-8-4-6-15(17)12-16-7-5-9-18(16)20/h12,26H,4-11,13-14H2,1-3H3,(H,22,24). The van der Waals surface area contributed by atoms with E-state index in [0.29, 0.717) is 18.5 Å². The molecule has 2 aliphatic carbocycles. The first kappa shape index (κ1) is 19.6. The third-order valence-electron chi connectivity index (χ3n) is 5.90. The van der Waals surface area contributed by atoms with Crippen molar-refractivity contribution in [3.05, 3.63) is 34.1 Å². The molecule has 0 atom stereocenters. The largest absolute Gasteiger partial charge is 0.388 e. The lowest BCUT2D eigenvalue weighted by Gasteiger charge is -2.18. The number of nitrogens with zero attached hydrogens (tertiary/aromatic N) is 3. The van der Waals surface area contributed by atoms with E-state index in [0.717, 1.165) is 25.5 Å². The van der Waals surface area contributed by atoms with Crippen molar-refractivity contribution in [2.75, 3.05) is 11.9 Å². The van der Waals surface area contributed by atoms with Crippen LogP contribution in [0.4, 0.5) is 11.6 Å². The number of aliphatic hydroxyl groups is 1. The van der Waals surface area contributed by atoms with Crippen LogP contribution in [-0.2, 0) is 43.8 Å². The molecule has 0 spiro atoms. The number of ether oxygens (including phenoxy) is 1. The Morgan fingerprint density at radius 3 is 2.36 bits per heavy atom. The lowest BCUT2D eigenvalue weighted by atomic mass is 9.99. The van der Waals surface area contributed by atoms with E-state index < -0.39 is 8.07 Å². The summed E-state index contributed by atoms with van der Waals surface area (Å²) in [5, 5.41) is 21.8. The van der Waals surface area contributed by atoms with Crippen LogP contribution in [0.2, 0.25) is 25.7 Å². The Hall–Kier alpha value is -1.70. The van der Waals surface area contributed by atoms with Crippen molar-refractivity contribution in [2.45, 2.75) is 77.5 Å². The van der Waals surface area contributed by atoms with Gasteiger partial charge in [0.2, 0.25) is 5.95 Å². The predicted octanol–water partition coefficient (Wildman–Crippen LogP) is 3.80. The van der Waals surface area contributed by atoms with E-state index in [1.165, 1.54) is 53.6 Å². The number of aryl methyl sites for hydroxylation is 2. The number of rotatable bonds is 8. The molecule has 4 rings (SSSR count). The van der Waals surface area contributed by atoms with Crippen LogP contribution in [0.15, 0.2) is 6.07 Å². The summed E-state index contributed by atoms with van der Waals surface area (Å²) in [5.41, 5.74) is 7.11. The molecule has 6 nitrogen and oxygen atoms in total. The first-order chi connectivity index (χ1) is 13.5. The van der Waals surface area contributed by atoms with Crippen LogP contribution < -0.4 is 5.32 Å². The fourth-order valence-corrected chi connectivity index (χ4v) is 5.05. The van der Waals surface area contributed by atoms with Gasteiger partial charge in [-0.2, -0.15) is 0 Å². The van der Waals surface area contributed by atoms with Crippen molar-refractivity contribution in [2.24, 2.45) is 0 Å². The summed E-state index contributed by atoms with van der Waals surface area (Å²) in [6.45, 7) is 7.99. The minimum atomic E-state index is -1.13. The van der Waals surface area contributed by atoms with Crippen LogP contribution in [0.3, 0.4) is 0 Å². The highest BCUT2D eigenvalue weighted by atomic mass is 28.3. The minimum Gasteiger partial charge on any atom is -0.388 e. The third kappa shape index (κ3) is 4.02. The molecule has 0 fully saturated rings. The average molecular weight is 401 g/mol. The maximum Gasteiger partial charge on any atom is 0.231 e. The van der Waals surface area contributed by atoms with Gasteiger partial charge >= 0.3 is 0 Å². The quantitative estimate of drug-likeness (QED) is 0.521. The molecule has 7 heteroatoms. The maximum absolute atomic E-state index is 9.69. The van der Waals surface area contributed by atoms with Gasteiger partial charge < -0.3 is 15.2 Å². The fraction of sp³-hybridized carbons (Fsp3) is 0.619. The Labute approximate surface area is 168 Å². The second kappa shape index (κ2) is 7.97. The molecule has 2 aromatic rings. The molecule has 2 aliphatic rings. The molecule has 0 unspecified atom stereocenters. The van der Waals surface area contributed by atoms with Crippen LogP contribution in [0.25, 0.3) is 0 Å². The first-order valence-electron chi connectivity index (χ1n) is 10.5. The highest BCUT2D eigenvalue weighted by Gasteiger charge is 2.25. The molecule has 0 amide bonds. The van der Waals surface area contributed by atoms with Crippen molar-refractivity contribution in [1.29, 1.82) is 0 Å². The summed E-state index contributed by atoms with van der Waals surface area (Å²) in [5.74, 6) is 1.21. The average Bonchev–Trinajstić information content (AvgIpc) is 3.37. The van der Waals surface area contributed by atoms with Crippen molar-refractivity contribution in [1.82, 2.24) is 14.8 Å². The van der Waals surface area contributed by atoms with Gasteiger partial charge in [0.05, 0.1) is 0 Å². The number of fused-ring (bicyclic) bond motifs is 2. The number of nitrogens with one attached hydrogen (secondary N) is 1. The number of anilines is 2. The van der Waals surface area contributed by atoms with Gasteiger partial charge in [0.1, 0.15) is 13.3 Å². The van der Waals surface area contributed by atoms with Gasteiger partial charge in [0.15, 0.2) is 5.82 Å². The number of hydrogen-bond acceptors (Lipinski definition) is 5. The van der Waals surface area contributed by atoms with E-state index in [1.54, 1.807) is 0 Å². The van der Waals surface area contributed by atoms with Crippen molar-refractivity contribution in [3.63, 3.8) is 0 Å². The van der Waals surface area contributed by atoms with Crippen molar-refractivity contribution < 1.29 is 9.84 Å². The molecule has 0 radical (unpaired) electrons. The topological polar surface area (TPSA) is 72.2 Å². The second-order valence-corrected chi connectivity index (χ2v) is 14.9. The van der Waals surface area contributed by atoms with Crippen LogP contribution in [0.1, 0.15) is 40.9 Å². The van der Waals surface area contributed by atoms with E-state index in [-0.39, 0.29) is 6.61 Å². The van der Waals surface area contributed by atoms with Crippen molar-refractivity contribution in [3.8, 4) is 0 Å². The summed E-state index contributed by atoms with van der Waals surface area (Å²) in [4.78, 5) is 0. The number of hydrogen-bond donors (Lipinski definition) is 2. The van der Waals surface area contributed by atoms with Gasteiger partial charge in [0, 0.05) is 20.4 Å². The third-order valence-corrected chi connectivity index (χ3v) is 7.60. The minimum absolute atomic E-state index is 0.142. The lowest BCUT2D eigenvalue weighted by Crippen LogP contribution is -2.22. The highest BCUT2D eigenvalue weighted by Crippen LogP contribution is 2.39. The van der Waals surface area contributed by atoms with Gasteiger partial charge in [-0.1, -0.05) is 25.7 Å². The van der Waals surface area contributed by atoms with Gasteiger partial charge in [0.25, 0.3) is 0 Å². The van der Waals surface area contributed by atoms with Gasteiger partial charge in [-0.3, -0.25) is 4.57 Å². The Morgan fingerprint density at radius 2 is 1.75 bits per heavy atom. The molecule has 0 saturated heterocycles. The number of aliphatic hydroxyl groups excluding tert-OH is 1. The zero-order valence-corrected chi connectivity index (χ0v) is 18.3. The number of aromatic nitrogens is 3. The first-order valence-corrected chi connectivity index (χ1v) is 14.2. The summed E-state index contributed by atoms with van der Waals surface area (Å²) in [7, 11) is -1.13. The van der Waals surface area contributed by atoms with Crippen LogP contribution >= 0.6 is 0 Å². The molecular weight excluding hydrogens is 368 g/mol. The van der Waals surface area contributed by atoms with E-state index in [2.05, 4.69) is 41.2 Å². The molecule has 0 saturated carbocycles. The van der Waals surface area contributed by atoms with E-state index in [4.69, 9.17) is 4.74 Å². The lowest BCUT2D eigenvalue weighted by molar-refractivity contribution is 0.0830. The van der Waals surface area contributed by atoms with Crippen LogP contribution in [0.5, 0.6) is 0 Å². The Balaban J connectivity index is 1.57. The monoisotopic (exact) mass is 400 g/mol. The van der Waals surface area contributed by atoms with Crippen LogP contribution in [0, 0.1) is 0 Å². The molecule has 1 heterocycles. The SMILES string of the molecule is C[Si](C)(C)CCOCn1c(CO)nnc1Nc1c2c(cc3c1CCC3)CCC2. The molecule has 152 valence electrons. The molecule has 0 bridgehead atoms. The molecule has 2 N–H and O–H groups in total. The van der Waals surface area contributed by atoms with E-state index >= 15 is 0 Å². The second-order valence-electron chi connectivity index (χ2n) is 9.23. The highest BCUT2D eigenvalue weighted by molar-refractivity contribution is 6.76. The van der Waals surface area contributed by atoms with Gasteiger partial charge in [-0.25, -0.2) is 0 Å². The maximum atomic E-state index is 9.69. The predicted molar refractivity (Wildman–Crippen MR) is 114 cm³/mol. The molecular formula is C21H32N4O2Si. The van der Waals surface area contributed by atoms with Gasteiger partial charge in [-0.15, -0.1) is 10.2 Å². The van der Waals surface area contributed by atoms with Gasteiger partial charge in [-0.05, 0) is 66.8 Å². The zero-order chi connectivity index (χ0) is 19.7. The summed E-state index contributed by atoms with van der Waals surface area (Å²) >= 11 is 0. The Morgan fingerprint density at radius 1 is 1.07 bits per heavy atom. The zero-order valence-electron chi connectivity index (χ0n) is 17.3. The summed E-state index contributed by atoms with van der Waals surface area (Å²) in [6, 6.07) is 3.55. The van der Waals surface area contributed by atoms with Crippen LogP contribution in [-0.4, -0.2) is 34.6 Å². The fourth-order valence-electron chi connectivity index (χ4n) is 4.29. The van der Waals surface area contributed by atoms with E-state index in [1.807, 2.05) is 4.57 Å². The molecule has 1 aromatic carbocycles.